The largest absolute Gasteiger partial charge is 0.367 e. The number of anilines is 1. The Bertz CT molecular complexity index is 785. The molecule has 0 radical (unpaired) electrons. The topological polar surface area (TPSA) is 57.5 Å². The van der Waals surface area contributed by atoms with E-state index in [9.17, 15) is 0 Å². The molecule has 1 unspecified atom stereocenters. The summed E-state index contributed by atoms with van der Waals surface area (Å²) >= 11 is 3.52. The van der Waals surface area contributed by atoms with Crippen LogP contribution in [0.4, 0.5) is 5.69 Å². The van der Waals surface area contributed by atoms with Crippen LogP contribution in [-0.4, -0.2) is 41.4 Å². The SMILES string of the molecule is CCNC(=NCc1ccc(Br)cc1C)NC1CCCN(c2cnn(C)c2)C1. The van der Waals surface area contributed by atoms with E-state index in [0.717, 1.165) is 42.9 Å². The number of hydrogen-bond acceptors (Lipinski definition) is 3. The number of piperidine rings is 1. The van der Waals surface area contributed by atoms with E-state index in [-0.39, 0.29) is 0 Å². The quantitative estimate of drug-likeness (QED) is 0.562. The molecule has 2 heterocycles. The van der Waals surface area contributed by atoms with Gasteiger partial charge in [-0.05, 0) is 49.9 Å². The summed E-state index contributed by atoms with van der Waals surface area (Å²) in [6.07, 6.45) is 6.34. The fraction of sp³-hybridized carbons (Fsp3) is 0.500. The number of guanidine groups is 1. The molecule has 1 fully saturated rings. The number of aliphatic imine (C=N–C) groups is 1. The Morgan fingerprint density at radius 1 is 1.41 bits per heavy atom. The monoisotopic (exact) mass is 432 g/mol. The average molecular weight is 433 g/mol. The highest BCUT2D eigenvalue weighted by molar-refractivity contribution is 9.10. The van der Waals surface area contributed by atoms with Crippen LogP contribution in [0.2, 0.25) is 0 Å². The number of rotatable bonds is 5. The Morgan fingerprint density at radius 2 is 2.26 bits per heavy atom. The molecule has 1 aliphatic heterocycles. The Morgan fingerprint density at radius 3 is 2.96 bits per heavy atom. The summed E-state index contributed by atoms with van der Waals surface area (Å²) in [7, 11) is 1.96. The molecule has 1 saturated heterocycles. The van der Waals surface area contributed by atoms with Crippen molar-refractivity contribution in [3.8, 4) is 0 Å². The molecule has 7 heteroatoms. The molecule has 1 aromatic heterocycles. The first-order valence-corrected chi connectivity index (χ1v) is 10.4. The third kappa shape index (κ3) is 5.48. The second-order valence-electron chi connectivity index (χ2n) is 7.07. The van der Waals surface area contributed by atoms with Gasteiger partial charge in [-0.15, -0.1) is 0 Å². The van der Waals surface area contributed by atoms with E-state index in [2.05, 4.69) is 74.8 Å². The van der Waals surface area contributed by atoms with Gasteiger partial charge in [0.2, 0.25) is 0 Å². The predicted octanol–water partition coefficient (Wildman–Crippen LogP) is 3.22. The first-order chi connectivity index (χ1) is 13.0. The second-order valence-corrected chi connectivity index (χ2v) is 7.98. The summed E-state index contributed by atoms with van der Waals surface area (Å²) < 4.78 is 2.97. The van der Waals surface area contributed by atoms with Crippen molar-refractivity contribution in [2.24, 2.45) is 12.0 Å². The van der Waals surface area contributed by atoms with E-state index < -0.39 is 0 Å². The van der Waals surface area contributed by atoms with Gasteiger partial charge in [-0.2, -0.15) is 5.10 Å². The number of aryl methyl sites for hydroxylation is 2. The van der Waals surface area contributed by atoms with Crippen LogP contribution >= 0.6 is 15.9 Å². The van der Waals surface area contributed by atoms with Crippen molar-refractivity contribution in [1.29, 1.82) is 0 Å². The van der Waals surface area contributed by atoms with E-state index in [4.69, 9.17) is 4.99 Å². The van der Waals surface area contributed by atoms with Crippen molar-refractivity contribution >= 4 is 27.6 Å². The maximum Gasteiger partial charge on any atom is 0.191 e. The number of aromatic nitrogens is 2. The Hall–Kier alpha value is -2.02. The van der Waals surface area contributed by atoms with Crippen LogP contribution in [0.25, 0.3) is 0 Å². The van der Waals surface area contributed by atoms with E-state index in [0.29, 0.717) is 12.6 Å². The van der Waals surface area contributed by atoms with Crippen LogP contribution in [0.3, 0.4) is 0 Å². The molecule has 0 aliphatic carbocycles. The lowest BCUT2D eigenvalue weighted by Crippen LogP contribution is -2.51. The number of nitrogens with one attached hydrogen (secondary N) is 2. The van der Waals surface area contributed by atoms with Gasteiger partial charge >= 0.3 is 0 Å². The average Bonchev–Trinajstić information content (AvgIpc) is 3.08. The number of nitrogens with zero attached hydrogens (tertiary/aromatic N) is 4. The first-order valence-electron chi connectivity index (χ1n) is 9.58. The van der Waals surface area contributed by atoms with Crippen LogP contribution in [0, 0.1) is 6.92 Å². The van der Waals surface area contributed by atoms with Crippen molar-refractivity contribution in [3.05, 3.63) is 46.2 Å². The normalized spacial score (nSPS) is 17.9. The summed E-state index contributed by atoms with van der Waals surface area (Å²) in [5.74, 6) is 0.887. The minimum Gasteiger partial charge on any atom is -0.367 e. The molecule has 27 heavy (non-hydrogen) atoms. The first kappa shape index (κ1) is 19.7. The van der Waals surface area contributed by atoms with E-state index in [1.54, 1.807) is 0 Å². The Kier molecular flexibility index (Phi) is 6.77. The van der Waals surface area contributed by atoms with Crippen molar-refractivity contribution in [2.75, 3.05) is 24.5 Å². The summed E-state index contributed by atoms with van der Waals surface area (Å²) in [4.78, 5) is 7.21. The fourth-order valence-electron chi connectivity index (χ4n) is 3.42. The van der Waals surface area contributed by atoms with E-state index in [1.807, 2.05) is 17.9 Å². The van der Waals surface area contributed by atoms with Crippen molar-refractivity contribution < 1.29 is 0 Å². The molecule has 2 aromatic rings. The molecule has 0 bridgehead atoms. The zero-order valence-electron chi connectivity index (χ0n) is 16.4. The summed E-state index contributed by atoms with van der Waals surface area (Å²) in [6, 6.07) is 6.73. The maximum absolute atomic E-state index is 4.81. The summed E-state index contributed by atoms with van der Waals surface area (Å²) in [5.41, 5.74) is 3.69. The summed E-state index contributed by atoms with van der Waals surface area (Å²) in [6.45, 7) is 7.80. The molecule has 1 atom stereocenters. The smallest absolute Gasteiger partial charge is 0.191 e. The number of benzene rings is 1. The summed E-state index contributed by atoms with van der Waals surface area (Å²) in [5, 5.41) is 11.3. The number of halogens is 1. The standard InChI is InChI=1S/C20H29BrN6/c1-4-22-20(23-11-16-7-8-17(21)10-15(16)2)25-18-6-5-9-27(13-18)19-12-24-26(3)14-19/h7-8,10,12,14,18H,4-6,9,11,13H2,1-3H3,(H2,22,23,25). The molecular weight excluding hydrogens is 404 g/mol. The third-order valence-electron chi connectivity index (χ3n) is 4.88. The van der Waals surface area contributed by atoms with Crippen LogP contribution in [0.15, 0.2) is 40.1 Å². The molecule has 1 aliphatic rings. The van der Waals surface area contributed by atoms with Gasteiger partial charge in [0.1, 0.15) is 0 Å². The fourth-order valence-corrected chi connectivity index (χ4v) is 3.89. The molecule has 0 saturated carbocycles. The van der Waals surface area contributed by atoms with Gasteiger partial charge in [-0.3, -0.25) is 4.68 Å². The molecule has 0 amide bonds. The third-order valence-corrected chi connectivity index (χ3v) is 5.37. The Balaban J connectivity index is 1.64. The predicted molar refractivity (Wildman–Crippen MR) is 115 cm³/mol. The van der Waals surface area contributed by atoms with Gasteiger partial charge < -0.3 is 15.5 Å². The van der Waals surface area contributed by atoms with Crippen molar-refractivity contribution in [2.45, 2.75) is 39.3 Å². The number of hydrogen-bond donors (Lipinski definition) is 2. The maximum atomic E-state index is 4.81. The molecule has 0 spiro atoms. The highest BCUT2D eigenvalue weighted by Gasteiger charge is 2.21. The van der Waals surface area contributed by atoms with Gasteiger partial charge in [0.25, 0.3) is 0 Å². The molecule has 146 valence electrons. The van der Waals surface area contributed by atoms with E-state index >= 15 is 0 Å². The highest BCUT2D eigenvalue weighted by Crippen LogP contribution is 2.19. The van der Waals surface area contributed by atoms with Gasteiger partial charge in [0, 0.05) is 43.4 Å². The zero-order chi connectivity index (χ0) is 19.2. The van der Waals surface area contributed by atoms with Crippen LogP contribution in [0.1, 0.15) is 30.9 Å². The zero-order valence-corrected chi connectivity index (χ0v) is 18.0. The van der Waals surface area contributed by atoms with Gasteiger partial charge in [-0.25, -0.2) is 4.99 Å². The van der Waals surface area contributed by atoms with Crippen LogP contribution in [-0.2, 0) is 13.6 Å². The Labute approximate surface area is 170 Å². The van der Waals surface area contributed by atoms with Crippen molar-refractivity contribution in [3.63, 3.8) is 0 Å². The van der Waals surface area contributed by atoms with Gasteiger partial charge in [0.15, 0.2) is 5.96 Å². The molecule has 6 nitrogen and oxygen atoms in total. The molecule has 1 aromatic carbocycles. The van der Waals surface area contributed by atoms with Crippen LogP contribution < -0.4 is 15.5 Å². The van der Waals surface area contributed by atoms with Gasteiger partial charge in [-0.1, -0.05) is 22.0 Å². The van der Waals surface area contributed by atoms with Crippen LogP contribution in [0.5, 0.6) is 0 Å². The molecular formula is C20H29BrN6. The second kappa shape index (κ2) is 9.26. The molecule has 3 rings (SSSR count). The van der Waals surface area contributed by atoms with Gasteiger partial charge in [0.05, 0.1) is 18.4 Å². The minimum absolute atomic E-state index is 0.378. The minimum atomic E-state index is 0.378. The van der Waals surface area contributed by atoms with E-state index in [1.165, 1.54) is 16.8 Å². The molecule has 2 N–H and O–H groups in total. The lowest BCUT2D eigenvalue weighted by atomic mass is 10.1. The lowest BCUT2D eigenvalue weighted by molar-refractivity contribution is 0.468. The lowest BCUT2D eigenvalue weighted by Gasteiger charge is -2.34. The van der Waals surface area contributed by atoms with Crippen molar-refractivity contribution in [1.82, 2.24) is 20.4 Å². The highest BCUT2D eigenvalue weighted by atomic mass is 79.9.